The number of hydrogen-bond donors (Lipinski definition) is 1. The molecule has 2 aromatic rings. The zero-order valence-corrected chi connectivity index (χ0v) is 12.3. The molecule has 1 aromatic heterocycles. The molecule has 0 fully saturated rings. The number of methoxy groups -OCH3 is 1. The molecule has 0 unspecified atom stereocenters. The maximum absolute atomic E-state index is 13.6. The highest BCUT2D eigenvalue weighted by Crippen LogP contribution is 2.15. The Kier molecular flexibility index (Phi) is 4.68. The molecule has 0 aliphatic heterocycles. The third kappa shape index (κ3) is 3.54. The maximum atomic E-state index is 13.6. The molecule has 0 spiro atoms. The van der Waals surface area contributed by atoms with Crippen LogP contribution in [-0.2, 0) is 6.54 Å². The summed E-state index contributed by atoms with van der Waals surface area (Å²) in [5.74, 6) is -0.533. The lowest BCUT2D eigenvalue weighted by molar-refractivity contribution is 0.0947. The van der Waals surface area contributed by atoms with Gasteiger partial charge in [-0.05, 0) is 23.8 Å². The average molecular weight is 339 g/mol. The Balaban J connectivity index is 2.00. The van der Waals surface area contributed by atoms with Gasteiger partial charge in [-0.25, -0.2) is 9.37 Å². The second kappa shape index (κ2) is 6.47. The zero-order valence-electron chi connectivity index (χ0n) is 10.7. The summed E-state index contributed by atoms with van der Waals surface area (Å²) in [7, 11) is 1.53. The summed E-state index contributed by atoms with van der Waals surface area (Å²) in [6, 6.07) is 7.78. The molecule has 0 radical (unpaired) electrons. The number of benzene rings is 1. The number of pyridine rings is 1. The van der Waals surface area contributed by atoms with Crippen LogP contribution in [0.1, 0.15) is 15.9 Å². The topological polar surface area (TPSA) is 51.2 Å². The van der Waals surface area contributed by atoms with Crippen LogP contribution >= 0.6 is 15.9 Å². The first-order chi connectivity index (χ1) is 9.60. The number of rotatable bonds is 4. The fourth-order valence-corrected chi connectivity index (χ4v) is 1.92. The summed E-state index contributed by atoms with van der Waals surface area (Å²) < 4.78 is 19.1. The van der Waals surface area contributed by atoms with Crippen LogP contribution in [-0.4, -0.2) is 18.0 Å². The van der Waals surface area contributed by atoms with Gasteiger partial charge in [0.25, 0.3) is 5.91 Å². The predicted octanol–water partition coefficient (Wildman–Crippen LogP) is 2.92. The van der Waals surface area contributed by atoms with E-state index in [4.69, 9.17) is 4.74 Å². The van der Waals surface area contributed by atoms with Gasteiger partial charge in [-0.15, -0.1) is 0 Å². The van der Waals surface area contributed by atoms with Gasteiger partial charge in [-0.3, -0.25) is 4.79 Å². The van der Waals surface area contributed by atoms with Crippen molar-refractivity contribution in [1.82, 2.24) is 10.3 Å². The van der Waals surface area contributed by atoms with Crippen LogP contribution < -0.4 is 10.1 Å². The summed E-state index contributed by atoms with van der Waals surface area (Å²) in [5, 5.41) is 2.64. The number of aromatic nitrogens is 1. The minimum Gasteiger partial charge on any atom is -0.481 e. The van der Waals surface area contributed by atoms with E-state index in [1.807, 2.05) is 0 Å². The Morgan fingerprint density at radius 2 is 2.20 bits per heavy atom. The van der Waals surface area contributed by atoms with Crippen molar-refractivity contribution in [2.75, 3.05) is 7.11 Å². The zero-order chi connectivity index (χ0) is 14.5. The molecule has 0 saturated heterocycles. The van der Waals surface area contributed by atoms with Gasteiger partial charge in [-0.1, -0.05) is 22.0 Å². The van der Waals surface area contributed by atoms with Crippen LogP contribution in [0, 0.1) is 5.82 Å². The minimum atomic E-state index is -0.565. The Morgan fingerprint density at radius 1 is 1.40 bits per heavy atom. The molecule has 0 bridgehead atoms. The van der Waals surface area contributed by atoms with Crippen molar-refractivity contribution < 1.29 is 13.9 Å². The average Bonchev–Trinajstić information content (AvgIpc) is 2.45. The van der Waals surface area contributed by atoms with E-state index in [2.05, 4.69) is 26.2 Å². The van der Waals surface area contributed by atoms with Crippen LogP contribution in [0.25, 0.3) is 0 Å². The number of halogens is 2. The van der Waals surface area contributed by atoms with Gasteiger partial charge < -0.3 is 10.1 Å². The lowest BCUT2D eigenvalue weighted by Gasteiger charge is -2.07. The van der Waals surface area contributed by atoms with Crippen LogP contribution in [0.3, 0.4) is 0 Å². The third-order valence-electron chi connectivity index (χ3n) is 2.64. The first-order valence-corrected chi connectivity index (χ1v) is 6.61. The van der Waals surface area contributed by atoms with Gasteiger partial charge in [-0.2, -0.15) is 0 Å². The van der Waals surface area contributed by atoms with Gasteiger partial charge in [0.15, 0.2) is 0 Å². The number of carbonyl (C=O) groups excluding carboxylic acids is 1. The molecular weight excluding hydrogens is 327 g/mol. The molecule has 104 valence electrons. The molecule has 0 saturated carbocycles. The first kappa shape index (κ1) is 14.5. The molecule has 0 atom stereocenters. The third-order valence-corrected chi connectivity index (χ3v) is 3.13. The van der Waals surface area contributed by atoms with Crippen LogP contribution in [0.5, 0.6) is 5.88 Å². The molecule has 20 heavy (non-hydrogen) atoms. The van der Waals surface area contributed by atoms with Gasteiger partial charge in [0.1, 0.15) is 5.82 Å². The van der Waals surface area contributed by atoms with Crippen LogP contribution in [0.4, 0.5) is 4.39 Å². The van der Waals surface area contributed by atoms with Gasteiger partial charge in [0.2, 0.25) is 5.88 Å². The van der Waals surface area contributed by atoms with E-state index < -0.39 is 11.7 Å². The molecule has 1 amide bonds. The number of hydrogen-bond acceptors (Lipinski definition) is 3. The SMILES string of the molecule is COc1ccc(CNC(=O)c2ccc(Br)cc2F)cn1. The molecular formula is C14H12BrFN2O2. The summed E-state index contributed by atoms with van der Waals surface area (Å²) in [6.45, 7) is 0.269. The van der Waals surface area contributed by atoms with Gasteiger partial charge >= 0.3 is 0 Å². The molecule has 2 rings (SSSR count). The van der Waals surface area contributed by atoms with E-state index in [0.717, 1.165) is 5.56 Å². The summed E-state index contributed by atoms with van der Waals surface area (Å²) >= 11 is 3.14. The second-order valence-electron chi connectivity index (χ2n) is 4.02. The van der Waals surface area contributed by atoms with Gasteiger partial charge in [0.05, 0.1) is 12.7 Å². The van der Waals surface area contributed by atoms with E-state index in [9.17, 15) is 9.18 Å². The summed E-state index contributed by atoms with van der Waals surface area (Å²) in [5.41, 5.74) is 0.811. The highest BCUT2D eigenvalue weighted by atomic mass is 79.9. The number of nitrogens with zero attached hydrogens (tertiary/aromatic N) is 1. The Bertz CT molecular complexity index is 617. The van der Waals surface area contributed by atoms with E-state index in [1.54, 1.807) is 24.4 Å². The lowest BCUT2D eigenvalue weighted by atomic mass is 10.2. The Labute approximate surface area is 124 Å². The Hall–Kier alpha value is -1.95. The minimum absolute atomic E-state index is 0.00895. The van der Waals surface area contributed by atoms with E-state index in [0.29, 0.717) is 10.4 Å². The van der Waals surface area contributed by atoms with E-state index in [1.165, 1.54) is 19.2 Å². The quantitative estimate of drug-likeness (QED) is 0.932. The fraction of sp³-hybridized carbons (Fsp3) is 0.143. The standard InChI is InChI=1S/C14H12BrFN2O2/c1-20-13-5-2-9(7-17-13)8-18-14(19)11-4-3-10(15)6-12(11)16/h2-7H,8H2,1H3,(H,18,19). The normalized spacial score (nSPS) is 10.2. The number of carbonyl (C=O) groups is 1. The molecule has 1 N–H and O–H groups in total. The Morgan fingerprint density at radius 3 is 2.80 bits per heavy atom. The van der Waals surface area contributed by atoms with Crippen molar-refractivity contribution in [2.45, 2.75) is 6.54 Å². The molecule has 1 heterocycles. The second-order valence-corrected chi connectivity index (χ2v) is 4.93. The smallest absolute Gasteiger partial charge is 0.254 e. The monoisotopic (exact) mass is 338 g/mol. The molecule has 1 aromatic carbocycles. The molecule has 6 heteroatoms. The number of amides is 1. The van der Waals surface area contributed by atoms with Crippen molar-refractivity contribution in [3.8, 4) is 5.88 Å². The van der Waals surface area contributed by atoms with Crippen molar-refractivity contribution in [3.05, 3.63) is 57.9 Å². The van der Waals surface area contributed by atoms with Crippen LogP contribution in [0.2, 0.25) is 0 Å². The van der Waals surface area contributed by atoms with Crippen molar-refractivity contribution in [2.24, 2.45) is 0 Å². The van der Waals surface area contributed by atoms with Crippen LogP contribution in [0.15, 0.2) is 41.0 Å². The summed E-state index contributed by atoms with van der Waals surface area (Å²) in [4.78, 5) is 15.9. The highest BCUT2D eigenvalue weighted by molar-refractivity contribution is 9.10. The summed E-state index contributed by atoms with van der Waals surface area (Å²) in [6.07, 6.45) is 1.59. The first-order valence-electron chi connectivity index (χ1n) is 5.82. The number of ether oxygens (including phenoxy) is 1. The number of nitrogens with one attached hydrogen (secondary N) is 1. The van der Waals surface area contributed by atoms with Crippen molar-refractivity contribution in [1.29, 1.82) is 0 Å². The molecule has 0 aliphatic rings. The van der Waals surface area contributed by atoms with Gasteiger partial charge in [0, 0.05) is 23.3 Å². The lowest BCUT2D eigenvalue weighted by Crippen LogP contribution is -2.23. The maximum Gasteiger partial charge on any atom is 0.254 e. The highest BCUT2D eigenvalue weighted by Gasteiger charge is 2.11. The largest absolute Gasteiger partial charge is 0.481 e. The fourth-order valence-electron chi connectivity index (χ4n) is 1.59. The van der Waals surface area contributed by atoms with Crippen molar-refractivity contribution >= 4 is 21.8 Å². The van der Waals surface area contributed by atoms with E-state index >= 15 is 0 Å². The predicted molar refractivity (Wildman–Crippen MR) is 76.1 cm³/mol. The van der Waals surface area contributed by atoms with Crippen molar-refractivity contribution in [3.63, 3.8) is 0 Å². The van der Waals surface area contributed by atoms with E-state index in [-0.39, 0.29) is 12.1 Å². The molecule has 4 nitrogen and oxygen atoms in total. The molecule has 0 aliphatic carbocycles.